The molecule has 3 rings (SSSR count). The molecule has 0 unspecified atom stereocenters. The van der Waals surface area contributed by atoms with Gasteiger partial charge in [0, 0.05) is 12.0 Å². The van der Waals surface area contributed by atoms with Crippen LogP contribution >= 0.6 is 11.6 Å². The van der Waals surface area contributed by atoms with Gasteiger partial charge in [-0.15, -0.1) is 0 Å². The molecule has 0 fully saturated rings. The summed E-state index contributed by atoms with van der Waals surface area (Å²) >= 11 is 6.22. The van der Waals surface area contributed by atoms with E-state index in [1.807, 2.05) is 12.1 Å². The summed E-state index contributed by atoms with van der Waals surface area (Å²) < 4.78 is 16.4. The first-order valence-corrected chi connectivity index (χ1v) is 7.60. The molecule has 0 aliphatic carbocycles. The number of halogens is 1. The van der Waals surface area contributed by atoms with E-state index in [2.05, 4.69) is 5.32 Å². The van der Waals surface area contributed by atoms with E-state index < -0.39 is 0 Å². The van der Waals surface area contributed by atoms with Crippen LogP contribution in [0, 0.1) is 0 Å². The molecule has 5 nitrogen and oxygen atoms in total. The Balaban J connectivity index is 1.88. The molecule has 0 spiro atoms. The molecule has 0 atom stereocenters. The van der Waals surface area contributed by atoms with Crippen molar-refractivity contribution in [2.75, 3.05) is 25.6 Å². The van der Waals surface area contributed by atoms with Crippen molar-refractivity contribution in [1.82, 2.24) is 0 Å². The lowest BCUT2D eigenvalue weighted by Gasteiger charge is -2.13. The van der Waals surface area contributed by atoms with Crippen LogP contribution in [0.25, 0.3) is 0 Å². The Kier molecular flexibility index (Phi) is 4.57. The van der Waals surface area contributed by atoms with Gasteiger partial charge >= 0.3 is 0 Å². The smallest absolute Gasteiger partial charge is 0.255 e. The summed E-state index contributed by atoms with van der Waals surface area (Å²) in [6, 6.07) is 10.4. The van der Waals surface area contributed by atoms with E-state index in [1.54, 1.807) is 31.4 Å². The van der Waals surface area contributed by atoms with Gasteiger partial charge in [-0.1, -0.05) is 23.7 Å². The molecule has 120 valence electrons. The largest absolute Gasteiger partial charge is 0.495 e. The lowest BCUT2D eigenvalue weighted by molar-refractivity contribution is 0.102. The average molecular weight is 334 g/mol. The van der Waals surface area contributed by atoms with Crippen molar-refractivity contribution in [3.8, 4) is 17.2 Å². The maximum Gasteiger partial charge on any atom is 0.255 e. The topological polar surface area (TPSA) is 56.8 Å². The van der Waals surface area contributed by atoms with E-state index >= 15 is 0 Å². The van der Waals surface area contributed by atoms with Gasteiger partial charge in [-0.05, 0) is 24.3 Å². The van der Waals surface area contributed by atoms with E-state index in [4.69, 9.17) is 25.8 Å². The lowest BCUT2D eigenvalue weighted by Crippen LogP contribution is -2.13. The Bertz CT molecular complexity index is 733. The van der Waals surface area contributed by atoms with Crippen LogP contribution in [0.5, 0.6) is 17.2 Å². The highest BCUT2D eigenvalue weighted by molar-refractivity contribution is 6.32. The number of carbonyl (C=O) groups excluding carboxylic acids is 1. The summed E-state index contributed by atoms with van der Waals surface area (Å²) in [4.78, 5) is 12.5. The third-order valence-electron chi connectivity index (χ3n) is 3.42. The van der Waals surface area contributed by atoms with Crippen molar-refractivity contribution >= 4 is 23.2 Å². The van der Waals surface area contributed by atoms with Crippen LogP contribution in [0.15, 0.2) is 36.4 Å². The standard InChI is InChI=1S/C17H16ClNO4/c1-21-14-6-3-2-5-13(14)19-17(20)11-9-12(18)16-15(10-11)22-7-4-8-23-16/h2-3,5-6,9-10H,4,7-8H2,1H3,(H,19,20). The van der Waals surface area contributed by atoms with Gasteiger partial charge in [0.1, 0.15) is 5.75 Å². The number of benzene rings is 2. The number of nitrogens with one attached hydrogen (secondary N) is 1. The van der Waals surface area contributed by atoms with E-state index in [0.717, 1.165) is 6.42 Å². The second-order valence-electron chi connectivity index (χ2n) is 4.99. The predicted octanol–water partition coefficient (Wildman–Crippen LogP) is 3.76. The first-order valence-electron chi connectivity index (χ1n) is 7.22. The number of hydrogen-bond acceptors (Lipinski definition) is 4. The van der Waals surface area contributed by atoms with Crippen LogP contribution in [0.2, 0.25) is 5.02 Å². The molecule has 0 radical (unpaired) electrons. The minimum atomic E-state index is -0.299. The maximum atomic E-state index is 12.5. The van der Waals surface area contributed by atoms with Gasteiger partial charge < -0.3 is 19.5 Å². The number of methoxy groups -OCH3 is 1. The Morgan fingerprint density at radius 2 is 2.00 bits per heavy atom. The van der Waals surface area contributed by atoms with Crippen LogP contribution in [0.4, 0.5) is 5.69 Å². The first-order chi connectivity index (χ1) is 11.2. The van der Waals surface area contributed by atoms with Gasteiger partial charge in [-0.3, -0.25) is 4.79 Å². The highest BCUT2D eigenvalue weighted by atomic mass is 35.5. The summed E-state index contributed by atoms with van der Waals surface area (Å²) in [5.74, 6) is 1.26. The predicted molar refractivity (Wildman–Crippen MR) is 88.0 cm³/mol. The summed E-state index contributed by atoms with van der Waals surface area (Å²) in [6.45, 7) is 1.07. The van der Waals surface area contributed by atoms with Gasteiger partial charge in [0.25, 0.3) is 5.91 Å². The third-order valence-corrected chi connectivity index (χ3v) is 3.70. The van der Waals surface area contributed by atoms with Crippen LogP contribution < -0.4 is 19.5 Å². The summed E-state index contributed by atoms with van der Waals surface area (Å²) in [7, 11) is 1.55. The molecule has 2 aromatic carbocycles. The molecule has 23 heavy (non-hydrogen) atoms. The SMILES string of the molecule is COc1ccccc1NC(=O)c1cc(Cl)c2c(c1)OCCCO2. The number of anilines is 1. The van der Waals surface area contributed by atoms with Crippen LogP contribution in [-0.2, 0) is 0 Å². The molecule has 0 saturated heterocycles. The van der Waals surface area contributed by atoms with E-state index in [0.29, 0.717) is 46.7 Å². The minimum Gasteiger partial charge on any atom is -0.495 e. The fraction of sp³-hybridized carbons (Fsp3) is 0.235. The van der Waals surface area contributed by atoms with Crippen LogP contribution in [-0.4, -0.2) is 26.2 Å². The van der Waals surface area contributed by atoms with E-state index in [1.165, 1.54) is 0 Å². The number of carbonyl (C=O) groups is 1. The molecule has 1 aliphatic heterocycles. The van der Waals surface area contributed by atoms with Crippen molar-refractivity contribution in [3.05, 3.63) is 47.0 Å². The molecule has 1 amide bonds. The van der Waals surface area contributed by atoms with Gasteiger partial charge in [0.2, 0.25) is 0 Å². The number of ether oxygens (including phenoxy) is 3. The number of fused-ring (bicyclic) bond motifs is 1. The molecule has 2 aromatic rings. The van der Waals surface area contributed by atoms with Gasteiger partial charge in [0.05, 0.1) is 31.0 Å². The van der Waals surface area contributed by atoms with Crippen LogP contribution in [0.1, 0.15) is 16.8 Å². The normalized spacial score (nSPS) is 13.1. The average Bonchev–Trinajstić information content (AvgIpc) is 2.81. The van der Waals surface area contributed by atoms with Crippen molar-refractivity contribution in [1.29, 1.82) is 0 Å². The summed E-state index contributed by atoms with van der Waals surface area (Å²) in [6.07, 6.45) is 0.772. The zero-order valence-corrected chi connectivity index (χ0v) is 13.4. The van der Waals surface area contributed by atoms with Crippen molar-refractivity contribution < 1.29 is 19.0 Å². The molecular formula is C17H16ClNO4. The second-order valence-corrected chi connectivity index (χ2v) is 5.40. The maximum absolute atomic E-state index is 12.5. The van der Waals surface area contributed by atoms with E-state index in [9.17, 15) is 4.79 Å². The van der Waals surface area contributed by atoms with Crippen molar-refractivity contribution in [2.45, 2.75) is 6.42 Å². The number of para-hydroxylation sites is 2. The molecule has 1 heterocycles. The Labute approximate surface area is 139 Å². The quantitative estimate of drug-likeness (QED) is 0.929. The van der Waals surface area contributed by atoms with Gasteiger partial charge in [0.15, 0.2) is 11.5 Å². The first kappa shape index (κ1) is 15.5. The monoisotopic (exact) mass is 333 g/mol. The zero-order chi connectivity index (χ0) is 16.2. The number of hydrogen-bond donors (Lipinski definition) is 1. The molecule has 6 heteroatoms. The van der Waals surface area contributed by atoms with E-state index in [-0.39, 0.29) is 5.91 Å². The van der Waals surface area contributed by atoms with Crippen molar-refractivity contribution in [3.63, 3.8) is 0 Å². The highest BCUT2D eigenvalue weighted by Gasteiger charge is 2.19. The molecule has 0 saturated carbocycles. The number of rotatable bonds is 3. The Morgan fingerprint density at radius 3 is 2.83 bits per heavy atom. The third kappa shape index (κ3) is 3.35. The second kappa shape index (κ2) is 6.79. The number of amides is 1. The molecule has 1 aliphatic rings. The highest BCUT2D eigenvalue weighted by Crippen LogP contribution is 2.38. The lowest BCUT2D eigenvalue weighted by atomic mass is 10.1. The Morgan fingerprint density at radius 1 is 1.22 bits per heavy atom. The van der Waals surface area contributed by atoms with Gasteiger partial charge in [-0.2, -0.15) is 0 Å². The summed E-state index contributed by atoms with van der Waals surface area (Å²) in [5.41, 5.74) is 0.980. The van der Waals surface area contributed by atoms with Gasteiger partial charge in [-0.25, -0.2) is 0 Å². The minimum absolute atomic E-state index is 0.299. The molecule has 1 N–H and O–H groups in total. The molecular weight excluding hydrogens is 318 g/mol. The summed E-state index contributed by atoms with van der Waals surface area (Å²) in [5, 5.41) is 3.16. The zero-order valence-electron chi connectivity index (χ0n) is 12.6. The molecule has 0 bridgehead atoms. The molecule has 0 aromatic heterocycles. The Hall–Kier alpha value is -2.40. The van der Waals surface area contributed by atoms with Crippen molar-refractivity contribution in [2.24, 2.45) is 0 Å². The van der Waals surface area contributed by atoms with Crippen LogP contribution in [0.3, 0.4) is 0 Å². The fourth-order valence-electron chi connectivity index (χ4n) is 2.30. The fourth-order valence-corrected chi connectivity index (χ4v) is 2.57.